The maximum absolute atomic E-state index is 5.90. The number of hydrogen-bond donors (Lipinski definition) is 2. The van der Waals surface area contributed by atoms with Crippen molar-refractivity contribution in [1.29, 1.82) is 0 Å². The van der Waals surface area contributed by atoms with Crippen LogP contribution >= 0.6 is 27.5 Å². The van der Waals surface area contributed by atoms with E-state index in [0.29, 0.717) is 18.2 Å². The molecule has 5 heteroatoms. The number of nitrogens with two attached hydrogens (primary N) is 1. The van der Waals surface area contributed by atoms with Gasteiger partial charge in [-0.1, -0.05) is 17.7 Å². The van der Waals surface area contributed by atoms with Gasteiger partial charge in [0.1, 0.15) is 0 Å². The predicted molar refractivity (Wildman–Crippen MR) is 65.7 cm³/mol. The third kappa shape index (κ3) is 3.74. The quantitative estimate of drug-likeness (QED) is 0.648. The summed E-state index contributed by atoms with van der Waals surface area (Å²) in [5.74, 6) is 5.46. The first kappa shape index (κ1) is 12.9. The first-order chi connectivity index (χ1) is 7.19. The number of rotatable bonds is 5. The molecule has 0 bridgehead atoms. The number of benzene rings is 1. The fourth-order valence-electron chi connectivity index (χ4n) is 1.21. The van der Waals surface area contributed by atoms with Crippen molar-refractivity contribution in [3.63, 3.8) is 0 Å². The second-order valence-corrected chi connectivity index (χ2v) is 4.31. The van der Waals surface area contributed by atoms with Gasteiger partial charge in [0.25, 0.3) is 0 Å². The highest BCUT2D eigenvalue weighted by atomic mass is 79.9. The maximum atomic E-state index is 5.90. The summed E-state index contributed by atoms with van der Waals surface area (Å²) in [6, 6.07) is 5.68. The number of nitrogens with one attached hydrogen (secondary N) is 1. The molecule has 0 fully saturated rings. The second kappa shape index (κ2) is 6.45. The van der Waals surface area contributed by atoms with E-state index in [-0.39, 0.29) is 6.04 Å². The molecule has 0 radical (unpaired) electrons. The van der Waals surface area contributed by atoms with Gasteiger partial charge in [0.05, 0.1) is 17.7 Å². The van der Waals surface area contributed by atoms with Crippen LogP contribution in [0.15, 0.2) is 22.7 Å². The van der Waals surface area contributed by atoms with Gasteiger partial charge >= 0.3 is 0 Å². The molecule has 1 atom stereocenters. The highest BCUT2D eigenvalue weighted by Gasteiger charge is 2.10. The molecule has 84 valence electrons. The predicted octanol–water partition coefficient (Wildman–Crippen LogP) is 2.64. The van der Waals surface area contributed by atoms with Crippen LogP contribution in [0.1, 0.15) is 18.5 Å². The van der Waals surface area contributed by atoms with E-state index in [9.17, 15) is 0 Å². The standard InChI is InChI=1S/C10H14BrClN2O/c1-2-15-6-10(14-13)7-3-4-9(12)8(11)5-7/h3-5,10,14H,2,6,13H2,1H3. The molecule has 0 aliphatic carbocycles. The third-order valence-electron chi connectivity index (χ3n) is 2.04. The molecule has 0 amide bonds. The Balaban J connectivity index is 2.78. The van der Waals surface area contributed by atoms with Crippen LogP contribution in [0.5, 0.6) is 0 Å². The van der Waals surface area contributed by atoms with E-state index in [1.54, 1.807) is 0 Å². The van der Waals surface area contributed by atoms with Crippen molar-refractivity contribution in [3.05, 3.63) is 33.3 Å². The lowest BCUT2D eigenvalue weighted by Gasteiger charge is -2.16. The van der Waals surface area contributed by atoms with Crippen LogP contribution in [0.3, 0.4) is 0 Å². The van der Waals surface area contributed by atoms with Crippen LogP contribution < -0.4 is 11.3 Å². The molecule has 1 rings (SSSR count). The van der Waals surface area contributed by atoms with E-state index in [2.05, 4.69) is 21.4 Å². The minimum atomic E-state index is -0.0153. The Kier molecular flexibility index (Phi) is 5.56. The van der Waals surface area contributed by atoms with Crippen molar-refractivity contribution in [2.24, 2.45) is 5.84 Å². The summed E-state index contributed by atoms with van der Waals surface area (Å²) in [4.78, 5) is 0. The molecule has 3 nitrogen and oxygen atoms in total. The number of ether oxygens (including phenoxy) is 1. The Bertz CT molecular complexity index is 322. The monoisotopic (exact) mass is 292 g/mol. The molecule has 0 spiro atoms. The summed E-state index contributed by atoms with van der Waals surface area (Å²) in [6.07, 6.45) is 0. The zero-order valence-corrected chi connectivity index (χ0v) is 10.8. The van der Waals surface area contributed by atoms with Crippen LogP contribution in [0.2, 0.25) is 5.02 Å². The van der Waals surface area contributed by atoms with Crippen LogP contribution in [0.4, 0.5) is 0 Å². The Hall–Kier alpha value is -0.130. The fourth-order valence-corrected chi connectivity index (χ4v) is 1.72. The van der Waals surface area contributed by atoms with E-state index in [1.807, 2.05) is 25.1 Å². The number of halogens is 2. The first-order valence-electron chi connectivity index (χ1n) is 4.67. The van der Waals surface area contributed by atoms with Crippen LogP contribution in [0.25, 0.3) is 0 Å². The van der Waals surface area contributed by atoms with Gasteiger partial charge in [0.2, 0.25) is 0 Å². The smallest absolute Gasteiger partial charge is 0.0694 e. The molecule has 0 saturated carbocycles. The molecule has 3 N–H and O–H groups in total. The van der Waals surface area contributed by atoms with E-state index in [1.165, 1.54) is 0 Å². The van der Waals surface area contributed by atoms with Gasteiger partial charge in [0, 0.05) is 11.1 Å². The van der Waals surface area contributed by atoms with Crippen LogP contribution in [-0.2, 0) is 4.74 Å². The molecule has 15 heavy (non-hydrogen) atoms. The number of hydrazine groups is 1. The third-order valence-corrected chi connectivity index (χ3v) is 3.25. The molecule has 0 aliphatic rings. The van der Waals surface area contributed by atoms with Gasteiger partial charge < -0.3 is 4.74 Å². The normalized spacial score (nSPS) is 12.8. The Morgan fingerprint density at radius 1 is 1.60 bits per heavy atom. The average molecular weight is 294 g/mol. The van der Waals surface area contributed by atoms with Gasteiger partial charge in [-0.3, -0.25) is 11.3 Å². The van der Waals surface area contributed by atoms with Crippen molar-refractivity contribution in [2.45, 2.75) is 13.0 Å². The summed E-state index contributed by atoms with van der Waals surface area (Å²) in [6.45, 7) is 3.17. The van der Waals surface area contributed by atoms with Crippen molar-refractivity contribution in [1.82, 2.24) is 5.43 Å². The Morgan fingerprint density at radius 3 is 2.87 bits per heavy atom. The molecule has 0 aromatic heterocycles. The number of hydrogen-bond acceptors (Lipinski definition) is 3. The lowest BCUT2D eigenvalue weighted by Crippen LogP contribution is -2.31. The van der Waals surface area contributed by atoms with Crippen molar-refractivity contribution in [2.75, 3.05) is 13.2 Å². The van der Waals surface area contributed by atoms with Crippen molar-refractivity contribution >= 4 is 27.5 Å². The lowest BCUT2D eigenvalue weighted by molar-refractivity contribution is 0.123. The molecule has 0 aliphatic heterocycles. The van der Waals surface area contributed by atoms with Crippen LogP contribution in [-0.4, -0.2) is 13.2 Å². The highest BCUT2D eigenvalue weighted by Crippen LogP contribution is 2.25. The minimum absolute atomic E-state index is 0.0153. The topological polar surface area (TPSA) is 47.3 Å². The van der Waals surface area contributed by atoms with Gasteiger partial charge in [-0.05, 0) is 40.5 Å². The van der Waals surface area contributed by atoms with Gasteiger partial charge in [-0.15, -0.1) is 0 Å². The minimum Gasteiger partial charge on any atom is -0.380 e. The summed E-state index contributed by atoms with van der Waals surface area (Å²) in [7, 11) is 0. The SMILES string of the molecule is CCOCC(NN)c1ccc(Cl)c(Br)c1. The fraction of sp³-hybridized carbons (Fsp3) is 0.400. The molecule has 1 aromatic rings. The average Bonchev–Trinajstić information content (AvgIpc) is 2.24. The summed E-state index contributed by atoms with van der Waals surface area (Å²) < 4.78 is 6.18. The molecule has 0 saturated heterocycles. The molecular formula is C10H14BrClN2O. The van der Waals surface area contributed by atoms with E-state index in [4.69, 9.17) is 22.2 Å². The van der Waals surface area contributed by atoms with Crippen LogP contribution in [0, 0.1) is 0 Å². The molecular weight excluding hydrogens is 279 g/mol. The summed E-state index contributed by atoms with van der Waals surface area (Å²) in [5.41, 5.74) is 3.75. The molecule has 0 heterocycles. The Labute approximate surface area is 103 Å². The first-order valence-corrected chi connectivity index (χ1v) is 5.85. The van der Waals surface area contributed by atoms with E-state index < -0.39 is 0 Å². The van der Waals surface area contributed by atoms with Crippen molar-refractivity contribution in [3.8, 4) is 0 Å². The largest absolute Gasteiger partial charge is 0.380 e. The second-order valence-electron chi connectivity index (χ2n) is 3.05. The zero-order valence-electron chi connectivity index (χ0n) is 8.47. The lowest BCUT2D eigenvalue weighted by atomic mass is 10.1. The highest BCUT2D eigenvalue weighted by molar-refractivity contribution is 9.10. The van der Waals surface area contributed by atoms with E-state index in [0.717, 1.165) is 10.0 Å². The van der Waals surface area contributed by atoms with E-state index >= 15 is 0 Å². The Morgan fingerprint density at radius 2 is 2.33 bits per heavy atom. The van der Waals surface area contributed by atoms with Crippen molar-refractivity contribution < 1.29 is 4.74 Å². The molecule has 1 aromatic carbocycles. The van der Waals surface area contributed by atoms with Gasteiger partial charge in [-0.2, -0.15) is 0 Å². The summed E-state index contributed by atoms with van der Waals surface area (Å²) in [5, 5.41) is 0.686. The maximum Gasteiger partial charge on any atom is 0.0694 e. The van der Waals surface area contributed by atoms with Gasteiger partial charge in [0.15, 0.2) is 0 Å². The molecule has 1 unspecified atom stereocenters. The summed E-state index contributed by atoms with van der Waals surface area (Å²) >= 11 is 9.27. The van der Waals surface area contributed by atoms with Gasteiger partial charge in [-0.25, -0.2) is 0 Å². The zero-order chi connectivity index (χ0) is 11.3.